The third-order valence-corrected chi connectivity index (χ3v) is 4.95. The Morgan fingerprint density at radius 2 is 2.19 bits per heavy atom. The SMILES string of the molecule is CC(Nc1ncnc(N)c1C#N)c1nc2cccc(Cl)c2c(=O)n1N(C)CCNC(=O)O. The summed E-state index contributed by atoms with van der Waals surface area (Å²) in [4.78, 5) is 36.6. The number of nitriles is 1. The summed E-state index contributed by atoms with van der Waals surface area (Å²) in [6.45, 7) is 1.98. The molecule has 0 fully saturated rings. The topological polar surface area (TPSA) is 175 Å². The fraction of sp³-hybridized carbons (Fsp3) is 0.263. The molecule has 1 aromatic carbocycles. The molecule has 166 valence electrons. The largest absolute Gasteiger partial charge is 0.465 e. The number of likely N-dealkylation sites (N-methyl/N-ethyl adjacent to an activating group) is 1. The Hall–Kier alpha value is -4.11. The number of nitrogen functional groups attached to an aromatic ring is 1. The quantitative estimate of drug-likeness (QED) is 0.404. The highest BCUT2D eigenvalue weighted by molar-refractivity contribution is 6.35. The maximum Gasteiger partial charge on any atom is 0.404 e. The predicted molar refractivity (Wildman–Crippen MR) is 119 cm³/mol. The van der Waals surface area contributed by atoms with Crippen molar-refractivity contribution in [1.82, 2.24) is 24.9 Å². The molecule has 1 unspecified atom stereocenters. The molecule has 32 heavy (non-hydrogen) atoms. The second-order valence-electron chi connectivity index (χ2n) is 6.79. The van der Waals surface area contributed by atoms with Gasteiger partial charge in [0.25, 0.3) is 5.56 Å². The lowest BCUT2D eigenvalue weighted by molar-refractivity contribution is 0.194. The molecule has 12 nitrogen and oxygen atoms in total. The van der Waals surface area contributed by atoms with Crippen LogP contribution in [-0.4, -0.2) is 51.0 Å². The van der Waals surface area contributed by atoms with Crippen molar-refractivity contribution in [3.8, 4) is 6.07 Å². The zero-order valence-corrected chi connectivity index (χ0v) is 18.0. The van der Waals surface area contributed by atoms with Gasteiger partial charge in [-0.2, -0.15) is 5.26 Å². The normalized spacial score (nSPS) is 11.6. The van der Waals surface area contributed by atoms with Crippen molar-refractivity contribution in [1.29, 1.82) is 5.26 Å². The van der Waals surface area contributed by atoms with Crippen molar-refractivity contribution in [2.24, 2.45) is 0 Å². The summed E-state index contributed by atoms with van der Waals surface area (Å²) in [5, 5.41) is 25.5. The van der Waals surface area contributed by atoms with Crippen molar-refractivity contribution in [2.45, 2.75) is 13.0 Å². The lowest BCUT2D eigenvalue weighted by atomic mass is 10.2. The van der Waals surface area contributed by atoms with E-state index >= 15 is 0 Å². The van der Waals surface area contributed by atoms with Gasteiger partial charge >= 0.3 is 6.09 Å². The molecule has 3 aromatic rings. The van der Waals surface area contributed by atoms with Crippen molar-refractivity contribution in [3.05, 3.63) is 51.3 Å². The Morgan fingerprint density at radius 1 is 1.44 bits per heavy atom. The number of rotatable bonds is 7. The van der Waals surface area contributed by atoms with Crippen LogP contribution in [0, 0.1) is 11.3 Å². The number of nitrogens with zero attached hydrogens (tertiary/aromatic N) is 6. The molecule has 2 heterocycles. The Morgan fingerprint density at radius 3 is 2.88 bits per heavy atom. The number of carbonyl (C=O) groups is 1. The second kappa shape index (κ2) is 9.36. The number of nitrogens with one attached hydrogen (secondary N) is 2. The average molecular weight is 458 g/mol. The minimum atomic E-state index is -1.17. The van der Waals surface area contributed by atoms with Crippen LogP contribution in [-0.2, 0) is 0 Å². The molecule has 0 aliphatic carbocycles. The van der Waals surface area contributed by atoms with Crippen LogP contribution in [0.15, 0.2) is 29.3 Å². The van der Waals surface area contributed by atoms with Gasteiger partial charge in [0.1, 0.15) is 29.6 Å². The van der Waals surface area contributed by atoms with Crippen molar-refractivity contribution in [2.75, 3.05) is 36.2 Å². The van der Waals surface area contributed by atoms with E-state index < -0.39 is 17.7 Å². The molecule has 2 aromatic heterocycles. The van der Waals surface area contributed by atoms with E-state index in [2.05, 4.69) is 25.6 Å². The standard InChI is InChI=1S/C19H20ClN9O3/c1-10(26-16-11(8-21)15(22)24-9-25-16)17-27-13-5-3-4-12(20)14(13)18(30)29(17)28(2)7-6-23-19(31)32/h3-5,9-10,23H,6-7H2,1-2H3,(H,31,32)(H3,22,24,25,26). The molecular weight excluding hydrogens is 438 g/mol. The zero-order chi connectivity index (χ0) is 23.4. The van der Waals surface area contributed by atoms with Gasteiger partial charge < -0.3 is 26.5 Å². The Bertz CT molecular complexity index is 1270. The van der Waals surface area contributed by atoms with Gasteiger partial charge in [0.2, 0.25) is 0 Å². The average Bonchev–Trinajstić information content (AvgIpc) is 2.73. The van der Waals surface area contributed by atoms with Crippen molar-refractivity contribution in [3.63, 3.8) is 0 Å². The molecule has 0 saturated carbocycles. The number of hydrogen-bond donors (Lipinski definition) is 4. The third kappa shape index (κ3) is 4.47. The molecule has 0 saturated heterocycles. The first-order chi connectivity index (χ1) is 15.2. The minimum absolute atomic E-state index is 0.0182. The number of nitrogens with two attached hydrogens (primary N) is 1. The van der Waals surface area contributed by atoms with Crippen LogP contribution < -0.4 is 26.9 Å². The molecule has 13 heteroatoms. The predicted octanol–water partition coefficient (Wildman–Crippen LogP) is 1.30. The van der Waals surface area contributed by atoms with Gasteiger partial charge in [0.05, 0.1) is 28.5 Å². The second-order valence-corrected chi connectivity index (χ2v) is 7.20. The monoisotopic (exact) mass is 457 g/mol. The van der Waals surface area contributed by atoms with E-state index in [0.717, 1.165) is 0 Å². The summed E-state index contributed by atoms with van der Waals surface area (Å²) in [6.07, 6.45) is 0.0429. The van der Waals surface area contributed by atoms with E-state index in [0.29, 0.717) is 11.3 Å². The number of hydrogen-bond acceptors (Lipinski definition) is 9. The van der Waals surface area contributed by atoms with Crippen molar-refractivity contribution >= 4 is 40.2 Å². The van der Waals surface area contributed by atoms with Crippen LogP contribution in [0.25, 0.3) is 10.9 Å². The zero-order valence-electron chi connectivity index (χ0n) is 17.2. The highest BCUT2D eigenvalue weighted by atomic mass is 35.5. The molecule has 3 rings (SSSR count). The van der Waals surface area contributed by atoms with Gasteiger partial charge in [0.15, 0.2) is 5.82 Å². The van der Waals surface area contributed by atoms with Gasteiger partial charge in [-0.05, 0) is 19.1 Å². The molecule has 0 spiro atoms. The minimum Gasteiger partial charge on any atom is -0.465 e. The summed E-state index contributed by atoms with van der Waals surface area (Å²) in [5.41, 5.74) is 5.79. The molecule has 0 bridgehead atoms. The van der Waals surface area contributed by atoms with E-state index in [9.17, 15) is 14.9 Å². The first-order valence-electron chi connectivity index (χ1n) is 9.41. The summed E-state index contributed by atoms with van der Waals surface area (Å²) >= 11 is 6.26. The van der Waals surface area contributed by atoms with Crippen LogP contribution in [0.4, 0.5) is 16.4 Å². The number of fused-ring (bicyclic) bond motifs is 1. The van der Waals surface area contributed by atoms with Crippen LogP contribution in [0.3, 0.4) is 0 Å². The number of amides is 1. The van der Waals surface area contributed by atoms with E-state index in [1.807, 2.05) is 6.07 Å². The summed E-state index contributed by atoms with van der Waals surface area (Å²) in [5.74, 6) is 0.503. The van der Waals surface area contributed by atoms with Crippen LogP contribution in [0.5, 0.6) is 0 Å². The fourth-order valence-corrected chi connectivity index (χ4v) is 3.37. The number of carboxylic acid groups (broad SMARTS) is 1. The third-order valence-electron chi connectivity index (χ3n) is 4.63. The number of halogens is 1. The Kier molecular flexibility index (Phi) is 6.60. The molecule has 1 amide bonds. The number of aromatic nitrogens is 4. The summed E-state index contributed by atoms with van der Waals surface area (Å²) in [7, 11) is 1.62. The van der Waals surface area contributed by atoms with Gasteiger partial charge in [-0.15, -0.1) is 0 Å². The summed E-state index contributed by atoms with van der Waals surface area (Å²) < 4.78 is 1.31. The maximum absolute atomic E-state index is 13.4. The molecular formula is C19H20ClN9O3. The van der Waals surface area contributed by atoms with Crippen LogP contribution in [0.2, 0.25) is 5.02 Å². The fourth-order valence-electron chi connectivity index (χ4n) is 3.12. The van der Waals surface area contributed by atoms with Crippen LogP contribution in [0.1, 0.15) is 24.4 Å². The van der Waals surface area contributed by atoms with E-state index in [-0.39, 0.29) is 40.7 Å². The van der Waals surface area contributed by atoms with Gasteiger partial charge in [-0.1, -0.05) is 17.7 Å². The van der Waals surface area contributed by atoms with Crippen LogP contribution >= 0.6 is 11.6 Å². The molecule has 0 radical (unpaired) electrons. The first-order valence-corrected chi connectivity index (χ1v) is 9.78. The van der Waals surface area contributed by atoms with Gasteiger partial charge in [-0.3, -0.25) is 4.79 Å². The molecule has 5 N–H and O–H groups in total. The summed E-state index contributed by atoms with van der Waals surface area (Å²) in [6, 6.07) is 6.28. The Labute approximate surface area is 187 Å². The molecule has 0 aliphatic heterocycles. The molecule has 1 atom stereocenters. The number of anilines is 2. The lowest BCUT2D eigenvalue weighted by Gasteiger charge is -2.27. The Balaban J connectivity index is 2.10. The highest BCUT2D eigenvalue weighted by Gasteiger charge is 2.22. The first kappa shape index (κ1) is 22.6. The maximum atomic E-state index is 13.4. The highest BCUT2D eigenvalue weighted by Crippen LogP contribution is 2.24. The van der Waals surface area contributed by atoms with E-state index in [4.69, 9.17) is 22.4 Å². The smallest absolute Gasteiger partial charge is 0.404 e. The van der Waals surface area contributed by atoms with Gasteiger partial charge in [0, 0.05) is 13.6 Å². The number of benzene rings is 1. The van der Waals surface area contributed by atoms with Gasteiger partial charge in [-0.25, -0.2) is 24.4 Å². The lowest BCUT2D eigenvalue weighted by Crippen LogP contribution is -2.46. The van der Waals surface area contributed by atoms with E-state index in [1.54, 1.807) is 32.2 Å². The molecule has 0 aliphatic rings. The van der Waals surface area contributed by atoms with E-state index in [1.165, 1.54) is 16.0 Å². The van der Waals surface area contributed by atoms with Crippen molar-refractivity contribution < 1.29 is 9.90 Å².